The largest absolute Gasteiger partial charge is 0.490 e. The molecular weight excluding hydrogens is 282 g/mol. The third-order valence-corrected chi connectivity index (χ3v) is 3.50. The molecule has 0 bridgehead atoms. The Morgan fingerprint density at radius 3 is 2.50 bits per heavy atom. The second-order valence-electron chi connectivity index (χ2n) is 6.71. The van der Waals surface area contributed by atoms with Gasteiger partial charge in [-0.15, -0.1) is 0 Å². The van der Waals surface area contributed by atoms with E-state index in [1.807, 2.05) is 47.6 Å². The van der Waals surface area contributed by atoms with Crippen molar-refractivity contribution in [2.45, 2.75) is 53.2 Å². The Balaban J connectivity index is 2.14. The lowest BCUT2D eigenvalue weighted by molar-refractivity contribution is 0.0635. The van der Waals surface area contributed by atoms with E-state index in [-0.39, 0.29) is 6.10 Å². The molecule has 0 aromatic heterocycles. The Morgan fingerprint density at radius 2 is 1.95 bits per heavy atom. The number of hydrogen-bond donors (Lipinski definition) is 1. The number of carbonyl (C=O) groups excluding carboxylic acids is 1. The first-order valence-corrected chi connectivity index (χ1v) is 7.52. The summed E-state index contributed by atoms with van der Waals surface area (Å²) in [6.07, 6.45) is -0.224. The van der Waals surface area contributed by atoms with Crippen molar-refractivity contribution in [3.63, 3.8) is 0 Å². The highest BCUT2D eigenvalue weighted by Gasteiger charge is 2.24. The molecule has 0 saturated carbocycles. The number of carbonyl (C=O) groups is 1. The zero-order valence-electron chi connectivity index (χ0n) is 14.2. The van der Waals surface area contributed by atoms with Gasteiger partial charge in [-0.25, -0.2) is 4.79 Å². The van der Waals surface area contributed by atoms with E-state index >= 15 is 0 Å². The Kier molecular flexibility index (Phi) is 4.66. The number of aryl methyl sites for hydroxylation is 1. The summed E-state index contributed by atoms with van der Waals surface area (Å²) in [5.41, 5.74) is 3.20. The summed E-state index contributed by atoms with van der Waals surface area (Å²) >= 11 is 0. The standard InChI is InChI=1S/C17H25NO4/c1-10-7-14(21-9-13-8-20-13)11(2)12(3)15(10)18-16(19)22-17(4,5)6/h7,13H,8-9H2,1-6H3,(H,18,19). The number of epoxide rings is 1. The lowest BCUT2D eigenvalue weighted by Gasteiger charge is -2.22. The van der Waals surface area contributed by atoms with Crippen molar-refractivity contribution in [1.82, 2.24) is 0 Å². The van der Waals surface area contributed by atoms with E-state index in [1.165, 1.54) is 0 Å². The molecule has 0 radical (unpaired) electrons. The molecule has 0 spiro atoms. The molecule has 1 aliphatic rings. The van der Waals surface area contributed by atoms with Crippen molar-refractivity contribution in [2.24, 2.45) is 0 Å². The van der Waals surface area contributed by atoms with Crippen LogP contribution in [0.3, 0.4) is 0 Å². The van der Waals surface area contributed by atoms with E-state index < -0.39 is 11.7 Å². The minimum absolute atomic E-state index is 0.222. The second-order valence-corrected chi connectivity index (χ2v) is 6.71. The van der Waals surface area contributed by atoms with Gasteiger partial charge in [-0.1, -0.05) is 0 Å². The molecule has 1 N–H and O–H groups in total. The van der Waals surface area contributed by atoms with E-state index in [4.69, 9.17) is 14.2 Å². The molecule has 1 heterocycles. The predicted molar refractivity (Wildman–Crippen MR) is 85.7 cm³/mol. The van der Waals surface area contributed by atoms with Gasteiger partial charge in [0.05, 0.1) is 12.3 Å². The van der Waals surface area contributed by atoms with Gasteiger partial charge in [0.2, 0.25) is 0 Å². The summed E-state index contributed by atoms with van der Waals surface area (Å²) < 4.78 is 16.3. The molecule has 0 aliphatic carbocycles. The van der Waals surface area contributed by atoms with Gasteiger partial charge >= 0.3 is 6.09 Å². The SMILES string of the molecule is Cc1cc(OCC2CO2)c(C)c(C)c1NC(=O)OC(C)(C)C. The molecule has 1 aliphatic heterocycles. The van der Waals surface area contributed by atoms with Gasteiger partial charge in [-0.2, -0.15) is 0 Å². The van der Waals surface area contributed by atoms with Crippen LogP contribution in [0.2, 0.25) is 0 Å². The van der Waals surface area contributed by atoms with Crippen molar-refractivity contribution in [1.29, 1.82) is 0 Å². The molecule has 1 fully saturated rings. The summed E-state index contributed by atoms with van der Waals surface area (Å²) in [5, 5.41) is 2.84. The van der Waals surface area contributed by atoms with E-state index in [0.29, 0.717) is 6.61 Å². The quantitative estimate of drug-likeness (QED) is 0.861. The van der Waals surface area contributed by atoms with E-state index in [0.717, 1.165) is 34.7 Å². The van der Waals surface area contributed by atoms with E-state index in [9.17, 15) is 4.79 Å². The number of ether oxygens (including phenoxy) is 3. The lowest BCUT2D eigenvalue weighted by atomic mass is 10.0. The molecule has 1 unspecified atom stereocenters. The van der Waals surface area contributed by atoms with Crippen LogP contribution >= 0.6 is 0 Å². The average Bonchev–Trinajstić information content (AvgIpc) is 3.19. The molecule has 122 valence electrons. The minimum Gasteiger partial charge on any atom is -0.490 e. The Morgan fingerprint density at radius 1 is 1.32 bits per heavy atom. The number of hydrogen-bond acceptors (Lipinski definition) is 4. The van der Waals surface area contributed by atoms with Crippen LogP contribution < -0.4 is 10.1 Å². The van der Waals surface area contributed by atoms with Crippen LogP contribution in [0, 0.1) is 20.8 Å². The molecule has 5 nitrogen and oxygen atoms in total. The van der Waals surface area contributed by atoms with Crippen LogP contribution in [0.15, 0.2) is 6.07 Å². The first kappa shape index (κ1) is 16.6. The summed E-state index contributed by atoms with van der Waals surface area (Å²) in [6, 6.07) is 1.94. The van der Waals surface area contributed by atoms with Gasteiger partial charge in [0, 0.05) is 0 Å². The average molecular weight is 307 g/mol. The summed E-state index contributed by atoms with van der Waals surface area (Å²) in [5.74, 6) is 0.834. The fourth-order valence-corrected chi connectivity index (χ4v) is 2.14. The van der Waals surface area contributed by atoms with Crippen LogP contribution in [0.25, 0.3) is 0 Å². The molecule has 5 heteroatoms. The molecule has 22 heavy (non-hydrogen) atoms. The highest BCUT2D eigenvalue weighted by atomic mass is 16.6. The number of benzene rings is 1. The summed E-state index contributed by atoms with van der Waals surface area (Å²) in [4.78, 5) is 12.0. The fraction of sp³-hybridized carbons (Fsp3) is 0.588. The Bertz CT molecular complexity index is 571. The van der Waals surface area contributed by atoms with Crippen molar-refractivity contribution in [2.75, 3.05) is 18.5 Å². The number of anilines is 1. The molecule has 1 aromatic rings. The third-order valence-electron chi connectivity index (χ3n) is 3.50. The maximum absolute atomic E-state index is 12.0. The van der Waals surface area contributed by atoms with Crippen LogP contribution in [0.5, 0.6) is 5.75 Å². The van der Waals surface area contributed by atoms with Crippen molar-refractivity contribution in [3.8, 4) is 5.75 Å². The fourth-order valence-electron chi connectivity index (χ4n) is 2.14. The van der Waals surface area contributed by atoms with Crippen LogP contribution in [-0.2, 0) is 9.47 Å². The van der Waals surface area contributed by atoms with Crippen LogP contribution in [-0.4, -0.2) is 31.0 Å². The summed E-state index contributed by atoms with van der Waals surface area (Å²) in [6.45, 7) is 12.8. The topological polar surface area (TPSA) is 60.1 Å². The molecule has 1 saturated heterocycles. The van der Waals surface area contributed by atoms with Gasteiger partial charge in [0.1, 0.15) is 24.1 Å². The van der Waals surface area contributed by atoms with Crippen LogP contribution in [0.4, 0.5) is 10.5 Å². The van der Waals surface area contributed by atoms with E-state index in [2.05, 4.69) is 5.32 Å². The molecule has 1 atom stereocenters. The number of rotatable bonds is 4. The highest BCUT2D eigenvalue weighted by molar-refractivity contribution is 5.87. The number of amides is 1. The summed E-state index contributed by atoms with van der Waals surface area (Å²) in [7, 11) is 0. The zero-order valence-corrected chi connectivity index (χ0v) is 14.2. The second kappa shape index (κ2) is 6.16. The lowest BCUT2D eigenvalue weighted by Crippen LogP contribution is -2.27. The highest BCUT2D eigenvalue weighted by Crippen LogP contribution is 2.32. The maximum Gasteiger partial charge on any atom is 0.412 e. The smallest absolute Gasteiger partial charge is 0.412 e. The molecule has 2 rings (SSSR count). The van der Waals surface area contributed by atoms with Crippen LogP contribution in [0.1, 0.15) is 37.5 Å². The number of nitrogens with one attached hydrogen (secondary N) is 1. The molecule has 1 amide bonds. The van der Waals surface area contributed by atoms with Gasteiger partial charge in [0.25, 0.3) is 0 Å². The minimum atomic E-state index is -0.520. The van der Waals surface area contributed by atoms with Gasteiger partial charge in [-0.05, 0) is 64.3 Å². The first-order chi connectivity index (χ1) is 10.2. The van der Waals surface area contributed by atoms with Gasteiger partial charge < -0.3 is 14.2 Å². The van der Waals surface area contributed by atoms with Crippen molar-refractivity contribution >= 4 is 11.8 Å². The van der Waals surface area contributed by atoms with Gasteiger partial charge in [0.15, 0.2) is 0 Å². The molecular formula is C17H25NO4. The molecule has 1 aromatic carbocycles. The normalized spacial score (nSPS) is 17.1. The Labute approximate surface area is 131 Å². The first-order valence-electron chi connectivity index (χ1n) is 7.52. The third kappa shape index (κ3) is 4.37. The van der Waals surface area contributed by atoms with E-state index in [1.54, 1.807) is 0 Å². The zero-order chi connectivity index (χ0) is 16.5. The van der Waals surface area contributed by atoms with Crippen molar-refractivity contribution in [3.05, 3.63) is 22.8 Å². The monoisotopic (exact) mass is 307 g/mol. The predicted octanol–water partition coefficient (Wildman–Crippen LogP) is 3.74. The maximum atomic E-state index is 12.0. The Hall–Kier alpha value is -1.75. The van der Waals surface area contributed by atoms with Gasteiger partial charge in [-0.3, -0.25) is 5.32 Å². The van der Waals surface area contributed by atoms with Crippen molar-refractivity contribution < 1.29 is 19.0 Å².